The van der Waals surface area contributed by atoms with Crippen LogP contribution in [0.5, 0.6) is 0 Å². The van der Waals surface area contributed by atoms with Gasteiger partial charge in [0.25, 0.3) is 0 Å². The molecule has 0 amide bonds. The van der Waals surface area contributed by atoms with Crippen molar-refractivity contribution in [2.45, 2.75) is 45.2 Å². The number of esters is 1. The van der Waals surface area contributed by atoms with E-state index in [1.807, 2.05) is 38.3 Å². The Labute approximate surface area is 185 Å². The highest BCUT2D eigenvalue weighted by atomic mass is 16.5. The molecular formula is C23H37N5O3. The number of likely N-dealkylation sites (tertiary alicyclic amines) is 1. The van der Waals surface area contributed by atoms with E-state index < -0.39 is 0 Å². The molecule has 172 valence electrons. The third-order valence-corrected chi connectivity index (χ3v) is 7.30. The Bertz CT molecular complexity index is 737. The highest BCUT2D eigenvalue weighted by molar-refractivity contribution is 5.78. The summed E-state index contributed by atoms with van der Waals surface area (Å²) in [5.41, 5.74) is 0.701. The molecule has 2 aliphatic heterocycles. The van der Waals surface area contributed by atoms with Gasteiger partial charge in [-0.05, 0) is 45.1 Å². The van der Waals surface area contributed by atoms with Gasteiger partial charge in [0.05, 0.1) is 25.2 Å². The van der Waals surface area contributed by atoms with Gasteiger partial charge in [-0.15, -0.1) is 0 Å². The van der Waals surface area contributed by atoms with Crippen molar-refractivity contribution < 1.29 is 14.3 Å². The van der Waals surface area contributed by atoms with Crippen molar-refractivity contribution in [2.24, 2.45) is 11.3 Å². The van der Waals surface area contributed by atoms with Gasteiger partial charge >= 0.3 is 5.97 Å². The monoisotopic (exact) mass is 431 g/mol. The van der Waals surface area contributed by atoms with Gasteiger partial charge in [-0.25, -0.2) is 9.97 Å². The molecule has 0 radical (unpaired) electrons. The number of morpholine rings is 1. The van der Waals surface area contributed by atoms with Gasteiger partial charge in [-0.3, -0.25) is 14.6 Å². The molecule has 3 aliphatic rings. The average molecular weight is 432 g/mol. The van der Waals surface area contributed by atoms with Crippen molar-refractivity contribution in [3.05, 3.63) is 18.0 Å². The molecule has 1 saturated carbocycles. The van der Waals surface area contributed by atoms with E-state index in [4.69, 9.17) is 9.47 Å². The zero-order valence-corrected chi connectivity index (χ0v) is 19.3. The maximum absolute atomic E-state index is 13.2. The van der Waals surface area contributed by atoms with Crippen molar-refractivity contribution in [3.63, 3.8) is 0 Å². The van der Waals surface area contributed by atoms with Crippen molar-refractivity contribution in [3.8, 4) is 0 Å². The number of hydrogen-bond donors (Lipinski definition) is 0. The molecule has 2 saturated heterocycles. The van der Waals surface area contributed by atoms with E-state index in [9.17, 15) is 4.79 Å². The van der Waals surface area contributed by atoms with E-state index in [1.165, 1.54) is 0 Å². The summed E-state index contributed by atoms with van der Waals surface area (Å²) < 4.78 is 11.2. The molecule has 1 aromatic heterocycles. The lowest BCUT2D eigenvalue weighted by Gasteiger charge is -2.52. The molecule has 3 heterocycles. The Kier molecular flexibility index (Phi) is 7.08. The number of hydrogen-bond acceptors (Lipinski definition) is 8. The van der Waals surface area contributed by atoms with Crippen LogP contribution in [0, 0.1) is 11.3 Å². The highest BCUT2D eigenvalue weighted by Gasteiger charge is 2.53. The molecule has 8 nitrogen and oxygen atoms in total. The molecule has 31 heavy (non-hydrogen) atoms. The smallest absolute Gasteiger partial charge is 0.313 e. The summed E-state index contributed by atoms with van der Waals surface area (Å²) >= 11 is 0. The lowest BCUT2D eigenvalue weighted by Crippen LogP contribution is -2.58. The maximum Gasteiger partial charge on any atom is 0.313 e. The Morgan fingerprint density at radius 3 is 2.65 bits per heavy atom. The van der Waals surface area contributed by atoms with Gasteiger partial charge in [-0.1, -0.05) is 0 Å². The minimum absolute atomic E-state index is 0.00401. The first-order valence-corrected chi connectivity index (χ1v) is 11.7. The number of anilines is 1. The minimum atomic E-state index is -0.387. The van der Waals surface area contributed by atoms with Crippen LogP contribution in [0.1, 0.15) is 38.2 Å². The van der Waals surface area contributed by atoms with Crippen LogP contribution in [0.25, 0.3) is 0 Å². The molecule has 1 aromatic rings. The number of carbonyl (C=O) groups excluding carboxylic acids is 1. The first-order chi connectivity index (χ1) is 15.0. The molecule has 3 fully saturated rings. The molecule has 0 aromatic carbocycles. The lowest BCUT2D eigenvalue weighted by atomic mass is 9.61. The number of piperidine rings is 1. The van der Waals surface area contributed by atoms with Crippen LogP contribution in [0.3, 0.4) is 0 Å². The second-order valence-corrected chi connectivity index (χ2v) is 9.44. The highest BCUT2D eigenvalue weighted by Crippen LogP contribution is 2.48. The van der Waals surface area contributed by atoms with E-state index in [2.05, 4.69) is 19.8 Å². The van der Waals surface area contributed by atoms with E-state index >= 15 is 0 Å². The Balaban J connectivity index is 1.46. The maximum atomic E-state index is 13.2. The Hall–Kier alpha value is -1.77. The number of aromatic nitrogens is 2. The standard InChI is InChI=1S/C23H37N5O3/c1-4-31-21(29)23-7-5-20(28-9-11-30-12-10-28)13-19(23)6-8-27(17-23)16-18-14-24-22(25-15-18)26(2)3/h14-15,19-20H,4-13,16-17H2,1-3H3/t19-,20-,23-/m1/s1. The van der Waals surface area contributed by atoms with E-state index in [1.54, 1.807) is 0 Å². The molecule has 3 atom stereocenters. The lowest BCUT2D eigenvalue weighted by molar-refractivity contribution is -0.170. The number of nitrogens with zero attached hydrogens (tertiary/aromatic N) is 5. The Morgan fingerprint density at radius 1 is 1.23 bits per heavy atom. The predicted octanol–water partition coefficient (Wildman–Crippen LogP) is 1.80. The molecule has 4 rings (SSSR count). The molecule has 1 aliphatic carbocycles. The third kappa shape index (κ3) is 4.86. The van der Waals surface area contributed by atoms with E-state index in [0.29, 0.717) is 24.5 Å². The van der Waals surface area contributed by atoms with Gasteiger partial charge < -0.3 is 14.4 Å². The number of ether oxygens (including phenoxy) is 2. The molecule has 0 bridgehead atoms. The third-order valence-electron chi connectivity index (χ3n) is 7.30. The van der Waals surface area contributed by atoms with Crippen LogP contribution in [0.2, 0.25) is 0 Å². The zero-order valence-electron chi connectivity index (χ0n) is 19.3. The van der Waals surface area contributed by atoms with Crippen LogP contribution >= 0.6 is 0 Å². The first-order valence-electron chi connectivity index (χ1n) is 11.7. The van der Waals surface area contributed by atoms with Crippen molar-refractivity contribution in [1.29, 1.82) is 0 Å². The number of carbonyl (C=O) groups is 1. The molecule has 8 heteroatoms. The quantitative estimate of drug-likeness (QED) is 0.632. The van der Waals surface area contributed by atoms with Gasteiger partial charge in [-0.2, -0.15) is 0 Å². The second kappa shape index (κ2) is 9.79. The summed E-state index contributed by atoms with van der Waals surface area (Å²) in [5.74, 6) is 1.10. The summed E-state index contributed by atoms with van der Waals surface area (Å²) in [4.78, 5) is 29.0. The molecule has 0 unspecified atom stereocenters. The average Bonchev–Trinajstić information content (AvgIpc) is 2.79. The van der Waals surface area contributed by atoms with Crippen molar-refractivity contribution in [1.82, 2.24) is 19.8 Å². The molecule has 0 spiro atoms. The van der Waals surface area contributed by atoms with Crippen molar-refractivity contribution in [2.75, 3.05) is 65.0 Å². The summed E-state index contributed by atoms with van der Waals surface area (Å²) in [6, 6.07) is 0.565. The zero-order chi connectivity index (χ0) is 21.8. The van der Waals surface area contributed by atoms with Crippen LogP contribution in [-0.2, 0) is 20.8 Å². The van der Waals surface area contributed by atoms with Crippen molar-refractivity contribution >= 4 is 11.9 Å². The fourth-order valence-corrected chi connectivity index (χ4v) is 5.66. The summed E-state index contributed by atoms with van der Waals surface area (Å²) in [7, 11) is 3.88. The number of fused-ring (bicyclic) bond motifs is 1. The fourth-order valence-electron chi connectivity index (χ4n) is 5.66. The predicted molar refractivity (Wildman–Crippen MR) is 119 cm³/mol. The second-order valence-electron chi connectivity index (χ2n) is 9.44. The van der Waals surface area contributed by atoms with Crippen LogP contribution < -0.4 is 4.90 Å². The van der Waals surface area contributed by atoms with Crippen LogP contribution in [-0.4, -0.2) is 91.9 Å². The van der Waals surface area contributed by atoms with E-state index in [-0.39, 0.29) is 11.4 Å². The SMILES string of the molecule is CCOC(=O)[C@@]12CC[C@@H](N3CCOCC3)C[C@H]1CCN(Cc1cnc(N(C)C)nc1)C2. The minimum Gasteiger partial charge on any atom is -0.466 e. The normalized spacial score (nSPS) is 29.9. The first kappa shape index (κ1) is 22.4. The Morgan fingerprint density at radius 2 is 1.97 bits per heavy atom. The van der Waals surface area contributed by atoms with Gasteiger partial charge in [0.15, 0.2) is 0 Å². The topological polar surface area (TPSA) is 71.0 Å². The summed E-state index contributed by atoms with van der Waals surface area (Å²) in [6.07, 6.45) is 7.90. The largest absolute Gasteiger partial charge is 0.466 e. The van der Waals surface area contributed by atoms with Crippen LogP contribution in [0.15, 0.2) is 12.4 Å². The number of rotatable bonds is 6. The van der Waals surface area contributed by atoms with E-state index in [0.717, 1.165) is 77.2 Å². The summed E-state index contributed by atoms with van der Waals surface area (Å²) in [5, 5.41) is 0. The molecular weight excluding hydrogens is 394 g/mol. The fraction of sp³-hybridized carbons (Fsp3) is 0.783. The summed E-state index contributed by atoms with van der Waals surface area (Å²) in [6.45, 7) is 8.57. The van der Waals surface area contributed by atoms with Gasteiger partial charge in [0.2, 0.25) is 5.95 Å². The van der Waals surface area contributed by atoms with Crippen LogP contribution in [0.4, 0.5) is 5.95 Å². The molecule has 0 N–H and O–H groups in total. The van der Waals surface area contributed by atoms with Gasteiger partial charge in [0.1, 0.15) is 0 Å². The van der Waals surface area contributed by atoms with Gasteiger partial charge in [0, 0.05) is 64.3 Å².